The zero-order valence-corrected chi connectivity index (χ0v) is 15.2. The Labute approximate surface area is 153 Å². The SMILES string of the molecule is Cc1ccccc1CN(Cc1cccnc1)S(=O)(=O)c1ccccc1F. The van der Waals surface area contributed by atoms with E-state index in [1.165, 1.54) is 22.5 Å². The number of benzene rings is 2. The van der Waals surface area contributed by atoms with Crippen LogP contribution in [0.4, 0.5) is 4.39 Å². The van der Waals surface area contributed by atoms with Gasteiger partial charge < -0.3 is 0 Å². The molecule has 0 aliphatic rings. The molecule has 0 N–H and O–H groups in total. The standard InChI is InChI=1S/C20H19FN2O2S/c1-16-7-2-3-9-18(16)15-23(14-17-8-6-12-22-13-17)26(24,25)20-11-5-4-10-19(20)21/h2-13H,14-15H2,1H3. The first-order valence-corrected chi connectivity index (χ1v) is 9.60. The van der Waals surface area contributed by atoms with Gasteiger partial charge in [-0.05, 0) is 41.8 Å². The van der Waals surface area contributed by atoms with E-state index in [2.05, 4.69) is 4.98 Å². The first kappa shape index (κ1) is 18.2. The van der Waals surface area contributed by atoms with Crippen LogP contribution in [-0.2, 0) is 23.1 Å². The number of rotatable bonds is 6. The van der Waals surface area contributed by atoms with Crippen LogP contribution in [0.5, 0.6) is 0 Å². The number of aromatic nitrogens is 1. The van der Waals surface area contributed by atoms with Gasteiger partial charge in [0.1, 0.15) is 10.7 Å². The van der Waals surface area contributed by atoms with Crippen molar-refractivity contribution in [2.24, 2.45) is 0 Å². The Hall–Kier alpha value is -2.57. The van der Waals surface area contributed by atoms with Gasteiger partial charge in [-0.1, -0.05) is 42.5 Å². The fourth-order valence-corrected chi connectivity index (χ4v) is 4.16. The Morgan fingerprint density at radius 2 is 1.69 bits per heavy atom. The smallest absolute Gasteiger partial charge is 0.246 e. The molecule has 0 unspecified atom stereocenters. The van der Waals surface area contributed by atoms with E-state index in [1.807, 2.05) is 31.2 Å². The Morgan fingerprint density at radius 3 is 2.38 bits per heavy atom. The van der Waals surface area contributed by atoms with Crippen LogP contribution in [0.3, 0.4) is 0 Å². The third kappa shape index (κ3) is 3.98. The molecule has 0 saturated carbocycles. The molecular weight excluding hydrogens is 351 g/mol. The van der Waals surface area contributed by atoms with E-state index in [4.69, 9.17) is 0 Å². The van der Waals surface area contributed by atoms with Crippen LogP contribution in [0.15, 0.2) is 78.0 Å². The average molecular weight is 370 g/mol. The summed E-state index contributed by atoms with van der Waals surface area (Å²) in [6.45, 7) is 2.18. The minimum atomic E-state index is -4.01. The van der Waals surface area contributed by atoms with Gasteiger partial charge in [-0.3, -0.25) is 4.98 Å². The number of hydrogen-bond donors (Lipinski definition) is 0. The Bertz CT molecular complexity index is 991. The lowest BCUT2D eigenvalue weighted by Gasteiger charge is -2.23. The number of sulfonamides is 1. The van der Waals surface area contributed by atoms with Crippen molar-refractivity contribution in [2.45, 2.75) is 24.9 Å². The molecule has 4 nitrogen and oxygen atoms in total. The summed E-state index contributed by atoms with van der Waals surface area (Å²) in [4.78, 5) is 3.72. The molecule has 2 aromatic carbocycles. The summed E-state index contributed by atoms with van der Waals surface area (Å²) in [6.07, 6.45) is 3.24. The lowest BCUT2D eigenvalue weighted by molar-refractivity contribution is 0.396. The predicted molar refractivity (Wildman–Crippen MR) is 98.2 cm³/mol. The minimum Gasteiger partial charge on any atom is -0.264 e. The molecule has 1 aromatic heterocycles. The molecular formula is C20H19FN2O2S. The highest BCUT2D eigenvalue weighted by Gasteiger charge is 2.28. The fourth-order valence-electron chi connectivity index (χ4n) is 2.69. The highest BCUT2D eigenvalue weighted by Crippen LogP contribution is 2.24. The predicted octanol–water partition coefficient (Wildman–Crippen LogP) is 3.92. The molecule has 0 aliphatic heterocycles. The lowest BCUT2D eigenvalue weighted by atomic mass is 10.1. The quantitative estimate of drug-likeness (QED) is 0.661. The summed E-state index contributed by atoms with van der Waals surface area (Å²) in [5.74, 6) is -0.756. The van der Waals surface area contributed by atoms with Crippen molar-refractivity contribution in [3.8, 4) is 0 Å². The van der Waals surface area contributed by atoms with Crippen LogP contribution in [0.1, 0.15) is 16.7 Å². The second-order valence-corrected chi connectivity index (χ2v) is 7.90. The van der Waals surface area contributed by atoms with Gasteiger partial charge in [-0.25, -0.2) is 12.8 Å². The van der Waals surface area contributed by atoms with Crippen molar-refractivity contribution in [1.82, 2.24) is 9.29 Å². The maximum absolute atomic E-state index is 14.2. The van der Waals surface area contributed by atoms with Gasteiger partial charge in [-0.15, -0.1) is 0 Å². The molecule has 0 bridgehead atoms. The number of hydrogen-bond acceptors (Lipinski definition) is 3. The molecule has 0 spiro atoms. The highest BCUT2D eigenvalue weighted by atomic mass is 32.2. The fraction of sp³-hybridized carbons (Fsp3) is 0.150. The number of halogens is 1. The van der Waals surface area contributed by atoms with E-state index in [0.717, 1.165) is 22.8 Å². The lowest BCUT2D eigenvalue weighted by Crippen LogP contribution is -2.31. The van der Waals surface area contributed by atoms with Crippen molar-refractivity contribution < 1.29 is 12.8 Å². The maximum Gasteiger partial charge on any atom is 0.246 e. The summed E-state index contributed by atoms with van der Waals surface area (Å²) in [6, 6.07) is 16.5. The van der Waals surface area contributed by atoms with Crippen LogP contribution in [0, 0.1) is 12.7 Å². The molecule has 134 valence electrons. The largest absolute Gasteiger partial charge is 0.264 e. The van der Waals surface area contributed by atoms with E-state index in [1.54, 1.807) is 24.5 Å². The zero-order valence-electron chi connectivity index (χ0n) is 14.3. The van der Waals surface area contributed by atoms with Gasteiger partial charge >= 0.3 is 0 Å². The van der Waals surface area contributed by atoms with Crippen molar-refractivity contribution in [3.05, 3.63) is 95.6 Å². The molecule has 6 heteroatoms. The van der Waals surface area contributed by atoms with Gasteiger partial charge in [0, 0.05) is 25.5 Å². The zero-order chi connectivity index (χ0) is 18.6. The molecule has 0 atom stereocenters. The summed E-state index contributed by atoms with van der Waals surface area (Å²) < 4.78 is 41.7. The third-order valence-corrected chi connectivity index (χ3v) is 5.97. The second kappa shape index (κ2) is 7.76. The van der Waals surface area contributed by atoms with Crippen LogP contribution in [0.25, 0.3) is 0 Å². The normalized spacial score (nSPS) is 11.7. The summed E-state index contributed by atoms with van der Waals surface area (Å²) in [7, 11) is -4.01. The molecule has 26 heavy (non-hydrogen) atoms. The van der Waals surface area contributed by atoms with Crippen molar-refractivity contribution >= 4 is 10.0 Å². The highest BCUT2D eigenvalue weighted by molar-refractivity contribution is 7.89. The van der Waals surface area contributed by atoms with E-state index >= 15 is 0 Å². The first-order valence-electron chi connectivity index (χ1n) is 8.16. The molecule has 3 aromatic rings. The van der Waals surface area contributed by atoms with Crippen molar-refractivity contribution in [2.75, 3.05) is 0 Å². The summed E-state index contributed by atoms with van der Waals surface area (Å²) >= 11 is 0. The average Bonchev–Trinajstić information content (AvgIpc) is 2.64. The molecule has 0 radical (unpaired) electrons. The summed E-state index contributed by atoms with van der Waals surface area (Å²) in [5, 5.41) is 0. The molecule has 0 saturated heterocycles. The Balaban J connectivity index is 2.02. The van der Waals surface area contributed by atoms with E-state index in [9.17, 15) is 12.8 Å². The van der Waals surface area contributed by atoms with E-state index in [-0.39, 0.29) is 18.0 Å². The number of aryl methyl sites for hydroxylation is 1. The topological polar surface area (TPSA) is 50.3 Å². The van der Waals surface area contributed by atoms with Crippen molar-refractivity contribution in [1.29, 1.82) is 0 Å². The van der Waals surface area contributed by atoms with Gasteiger partial charge in [0.05, 0.1) is 0 Å². The monoisotopic (exact) mass is 370 g/mol. The van der Waals surface area contributed by atoms with Crippen LogP contribution < -0.4 is 0 Å². The van der Waals surface area contributed by atoms with Gasteiger partial charge in [0.2, 0.25) is 10.0 Å². The Kier molecular flexibility index (Phi) is 5.44. The molecule has 3 rings (SSSR count). The summed E-state index contributed by atoms with van der Waals surface area (Å²) in [5.41, 5.74) is 2.59. The van der Waals surface area contributed by atoms with Crippen LogP contribution >= 0.6 is 0 Å². The number of pyridine rings is 1. The van der Waals surface area contributed by atoms with Gasteiger partial charge in [-0.2, -0.15) is 4.31 Å². The van der Waals surface area contributed by atoms with E-state index < -0.39 is 15.8 Å². The van der Waals surface area contributed by atoms with Gasteiger partial charge in [0.25, 0.3) is 0 Å². The third-order valence-electron chi connectivity index (χ3n) is 4.14. The first-order chi connectivity index (χ1) is 12.5. The molecule has 1 heterocycles. The molecule has 0 aliphatic carbocycles. The maximum atomic E-state index is 14.2. The number of nitrogens with zero attached hydrogens (tertiary/aromatic N) is 2. The van der Waals surface area contributed by atoms with Crippen molar-refractivity contribution in [3.63, 3.8) is 0 Å². The molecule has 0 fully saturated rings. The van der Waals surface area contributed by atoms with Crippen LogP contribution in [-0.4, -0.2) is 17.7 Å². The molecule has 0 amide bonds. The van der Waals surface area contributed by atoms with Crippen LogP contribution in [0.2, 0.25) is 0 Å². The van der Waals surface area contributed by atoms with E-state index in [0.29, 0.717) is 0 Å². The second-order valence-electron chi connectivity index (χ2n) is 5.99. The van der Waals surface area contributed by atoms with Gasteiger partial charge in [0.15, 0.2) is 0 Å². The minimum absolute atomic E-state index is 0.110. The Morgan fingerprint density at radius 1 is 0.962 bits per heavy atom.